The van der Waals surface area contributed by atoms with Gasteiger partial charge < -0.3 is 4.74 Å². The SMILES string of the molecule is CCN(CCCCCOC(C)=O)[SH](=O)=O. The Morgan fingerprint density at radius 2 is 1.93 bits per heavy atom. The van der Waals surface area contributed by atoms with Crippen molar-refractivity contribution in [2.24, 2.45) is 0 Å². The molecule has 0 aliphatic carbocycles. The maximum Gasteiger partial charge on any atom is 0.302 e. The van der Waals surface area contributed by atoms with Crippen molar-refractivity contribution >= 4 is 16.9 Å². The molecular weight excluding hydrogens is 218 g/mol. The van der Waals surface area contributed by atoms with E-state index in [0.717, 1.165) is 19.3 Å². The minimum absolute atomic E-state index is 0.271. The van der Waals surface area contributed by atoms with E-state index in [4.69, 9.17) is 4.74 Å². The maximum absolute atomic E-state index is 10.6. The number of rotatable bonds is 8. The molecule has 0 aliphatic rings. The first-order valence-electron chi connectivity index (χ1n) is 5.10. The first kappa shape index (κ1) is 14.4. The number of unbranched alkanes of at least 4 members (excludes halogenated alkanes) is 2. The van der Waals surface area contributed by atoms with Crippen LogP contribution in [-0.2, 0) is 20.4 Å². The van der Waals surface area contributed by atoms with Crippen LogP contribution in [0, 0.1) is 0 Å². The Kier molecular flexibility index (Phi) is 8.31. The molecule has 0 amide bonds. The molecule has 0 bridgehead atoms. The zero-order chi connectivity index (χ0) is 11.7. The van der Waals surface area contributed by atoms with Crippen molar-refractivity contribution < 1.29 is 17.9 Å². The number of esters is 1. The summed E-state index contributed by atoms with van der Waals surface area (Å²) in [6.45, 7) is 4.67. The number of carbonyl (C=O) groups excluding carboxylic acids is 1. The average Bonchev–Trinajstić information content (AvgIpc) is 2.15. The Hall–Kier alpha value is -0.620. The topological polar surface area (TPSA) is 63.7 Å². The molecule has 0 heterocycles. The molecule has 0 spiro atoms. The zero-order valence-corrected chi connectivity index (χ0v) is 10.2. The third kappa shape index (κ3) is 8.38. The number of carbonyl (C=O) groups is 1. The van der Waals surface area contributed by atoms with E-state index >= 15 is 0 Å². The summed E-state index contributed by atoms with van der Waals surface area (Å²) in [5.74, 6) is -0.271. The van der Waals surface area contributed by atoms with Crippen molar-refractivity contribution in [3.8, 4) is 0 Å². The summed E-state index contributed by atoms with van der Waals surface area (Å²) in [5, 5.41) is 0. The lowest BCUT2D eigenvalue weighted by Gasteiger charge is -2.11. The smallest absolute Gasteiger partial charge is 0.302 e. The van der Waals surface area contributed by atoms with Gasteiger partial charge in [0.2, 0.25) is 10.9 Å². The standard InChI is InChI=1S/C9H19NO4S/c1-3-10(15(12)13)7-5-4-6-8-14-9(2)11/h15H,3-8H2,1-2H3. The lowest BCUT2D eigenvalue weighted by molar-refractivity contribution is -0.141. The Balaban J connectivity index is 3.41. The molecule has 0 saturated heterocycles. The van der Waals surface area contributed by atoms with Crippen LogP contribution in [0.5, 0.6) is 0 Å². The quantitative estimate of drug-likeness (QED) is 0.381. The van der Waals surface area contributed by atoms with Gasteiger partial charge in [0.05, 0.1) is 6.61 Å². The minimum atomic E-state index is -2.45. The van der Waals surface area contributed by atoms with Crippen molar-refractivity contribution in [3.63, 3.8) is 0 Å². The van der Waals surface area contributed by atoms with E-state index in [1.54, 1.807) is 0 Å². The molecule has 0 aromatic heterocycles. The van der Waals surface area contributed by atoms with E-state index in [2.05, 4.69) is 0 Å². The number of hydrogen-bond acceptors (Lipinski definition) is 4. The number of ether oxygens (including phenoxy) is 1. The zero-order valence-electron chi connectivity index (χ0n) is 9.27. The summed E-state index contributed by atoms with van der Waals surface area (Å²) < 4.78 is 27.4. The predicted octanol–water partition coefficient (Wildman–Crippen LogP) is 0.568. The normalized spacial score (nSPS) is 10.9. The van der Waals surface area contributed by atoms with Crippen LogP contribution in [0.15, 0.2) is 0 Å². The molecule has 0 N–H and O–H groups in total. The van der Waals surface area contributed by atoms with Gasteiger partial charge in [-0.1, -0.05) is 6.92 Å². The van der Waals surface area contributed by atoms with Crippen LogP contribution < -0.4 is 0 Å². The Morgan fingerprint density at radius 1 is 1.27 bits per heavy atom. The fourth-order valence-electron chi connectivity index (χ4n) is 1.14. The second kappa shape index (κ2) is 8.67. The summed E-state index contributed by atoms with van der Waals surface area (Å²) in [7, 11) is -2.45. The maximum atomic E-state index is 10.6. The fourth-order valence-corrected chi connectivity index (χ4v) is 1.68. The minimum Gasteiger partial charge on any atom is -0.466 e. The van der Waals surface area contributed by atoms with Gasteiger partial charge in [-0.25, -0.2) is 12.7 Å². The molecule has 0 radical (unpaired) electrons. The first-order valence-corrected chi connectivity index (χ1v) is 6.23. The third-order valence-corrected chi connectivity index (χ3v) is 2.91. The van der Waals surface area contributed by atoms with E-state index in [-0.39, 0.29) is 5.97 Å². The van der Waals surface area contributed by atoms with Crippen molar-refractivity contribution in [2.75, 3.05) is 19.7 Å². The molecule has 0 atom stereocenters. The van der Waals surface area contributed by atoms with Crippen LogP contribution in [0.2, 0.25) is 0 Å². The summed E-state index contributed by atoms with van der Waals surface area (Å²) in [5.41, 5.74) is 0. The van der Waals surface area contributed by atoms with Crippen LogP contribution in [0.3, 0.4) is 0 Å². The molecule has 15 heavy (non-hydrogen) atoms. The predicted molar refractivity (Wildman–Crippen MR) is 58.0 cm³/mol. The molecule has 5 nitrogen and oxygen atoms in total. The van der Waals surface area contributed by atoms with Gasteiger partial charge >= 0.3 is 5.97 Å². The molecule has 0 fully saturated rings. The van der Waals surface area contributed by atoms with Gasteiger partial charge in [-0.3, -0.25) is 4.79 Å². The first-order chi connectivity index (χ1) is 7.07. The van der Waals surface area contributed by atoms with Gasteiger partial charge in [-0.2, -0.15) is 0 Å². The van der Waals surface area contributed by atoms with Gasteiger partial charge in [0.1, 0.15) is 0 Å². The van der Waals surface area contributed by atoms with Gasteiger partial charge in [-0.05, 0) is 19.3 Å². The summed E-state index contributed by atoms with van der Waals surface area (Å²) >= 11 is 0. The molecule has 0 rings (SSSR count). The third-order valence-electron chi connectivity index (χ3n) is 1.96. The molecule has 0 unspecified atom stereocenters. The van der Waals surface area contributed by atoms with Crippen LogP contribution in [-0.4, -0.2) is 38.4 Å². The van der Waals surface area contributed by atoms with Crippen molar-refractivity contribution in [3.05, 3.63) is 0 Å². The van der Waals surface area contributed by atoms with Crippen LogP contribution >= 0.6 is 0 Å². The highest BCUT2D eigenvalue weighted by Crippen LogP contribution is 1.99. The van der Waals surface area contributed by atoms with E-state index in [1.165, 1.54) is 11.2 Å². The van der Waals surface area contributed by atoms with Crippen LogP contribution in [0.25, 0.3) is 0 Å². The van der Waals surface area contributed by atoms with Gasteiger partial charge in [0.25, 0.3) is 0 Å². The van der Waals surface area contributed by atoms with Crippen molar-refractivity contribution in [1.82, 2.24) is 4.31 Å². The van der Waals surface area contributed by atoms with Crippen LogP contribution in [0.1, 0.15) is 33.1 Å². The van der Waals surface area contributed by atoms with E-state index < -0.39 is 10.9 Å². The van der Waals surface area contributed by atoms with Crippen molar-refractivity contribution in [2.45, 2.75) is 33.1 Å². The van der Waals surface area contributed by atoms with E-state index in [1.807, 2.05) is 6.92 Å². The molecule has 6 heteroatoms. The van der Waals surface area contributed by atoms with Gasteiger partial charge in [-0.15, -0.1) is 0 Å². The monoisotopic (exact) mass is 237 g/mol. The Morgan fingerprint density at radius 3 is 2.40 bits per heavy atom. The molecule has 0 aliphatic heterocycles. The Labute approximate surface area is 92.5 Å². The van der Waals surface area contributed by atoms with E-state index in [0.29, 0.717) is 19.7 Å². The summed E-state index contributed by atoms with van der Waals surface area (Å²) in [6.07, 6.45) is 2.46. The fraction of sp³-hybridized carbons (Fsp3) is 0.889. The van der Waals surface area contributed by atoms with Crippen LogP contribution in [0.4, 0.5) is 0 Å². The number of thiol groups is 1. The molecule has 0 aromatic carbocycles. The number of nitrogens with zero attached hydrogens (tertiary/aromatic N) is 1. The van der Waals surface area contributed by atoms with Crippen molar-refractivity contribution in [1.29, 1.82) is 0 Å². The largest absolute Gasteiger partial charge is 0.466 e. The number of hydrogen-bond donors (Lipinski definition) is 1. The summed E-state index contributed by atoms with van der Waals surface area (Å²) in [4.78, 5) is 10.4. The Bertz CT molecular complexity index is 244. The highest BCUT2D eigenvalue weighted by atomic mass is 32.2. The molecule has 0 saturated carbocycles. The molecule has 0 aromatic rings. The molecule has 90 valence electrons. The highest BCUT2D eigenvalue weighted by Gasteiger charge is 2.02. The lowest BCUT2D eigenvalue weighted by Crippen LogP contribution is -2.22. The second-order valence-electron chi connectivity index (χ2n) is 3.18. The van der Waals surface area contributed by atoms with Gasteiger partial charge in [0.15, 0.2) is 0 Å². The van der Waals surface area contributed by atoms with E-state index in [9.17, 15) is 13.2 Å². The second-order valence-corrected chi connectivity index (χ2v) is 4.23. The highest BCUT2D eigenvalue weighted by molar-refractivity contribution is 7.69. The van der Waals surface area contributed by atoms with Gasteiger partial charge in [0, 0.05) is 20.0 Å². The average molecular weight is 237 g/mol. The lowest BCUT2D eigenvalue weighted by atomic mass is 10.2. The molecular formula is C9H19NO4S. The summed E-state index contributed by atoms with van der Waals surface area (Å²) in [6, 6.07) is 0.